The second-order valence-corrected chi connectivity index (χ2v) is 5.62. The Morgan fingerprint density at radius 2 is 2.12 bits per heavy atom. The Morgan fingerprint density at radius 3 is 2.65 bits per heavy atom. The summed E-state index contributed by atoms with van der Waals surface area (Å²) in [6, 6.07) is 0.360. The molecule has 0 aromatic carbocycles. The average molecular weight is 249 g/mol. The van der Waals surface area contributed by atoms with Gasteiger partial charge in [-0.25, -0.2) is 8.78 Å². The van der Waals surface area contributed by atoms with Crippen molar-refractivity contribution >= 4 is 0 Å². The molecule has 0 spiro atoms. The number of nitrogens with one attached hydrogen (secondary N) is 1. The van der Waals surface area contributed by atoms with Crippen molar-refractivity contribution in [1.29, 1.82) is 0 Å². The minimum atomic E-state index is -2.37. The molecule has 0 aromatic heterocycles. The minimum Gasteiger partial charge on any atom is -0.368 e. The number of halogens is 2. The van der Waals surface area contributed by atoms with Crippen molar-refractivity contribution in [2.75, 3.05) is 13.2 Å². The van der Waals surface area contributed by atoms with Gasteiger partial charge in [0.05, 0.1) is 5.60 Å². The lowest BCUT2D eigenvalue weighted by Crippen LogP contribution is -2.48. The third kappa shape index (κ3) is 5.30. The standard InChI is InChI=1S/C13H25F2NO/c1-10(2)16-9-13(17-8-12(14)15)6-4-5-11(3)7-13/h10-12,16H,4-9H2,1-3H3. The summed E-state index contributed by atoms with van der Waals surface area (Å²) in [6.45, 7) is 6.55. The Hall–Kier alpha value is -0.220. The van der Waals surface area contributed by atoms with Crippen LogP contribution in [0.25, 0.3) is 0 Å². The maximum atomic E-state index is 12.3. The van der Waals surface area contributed by atoms with Crippen LogP contribution in [0.2, 0.25) is 0 Å². The van der Waals surface area contributed by atoms with Gasteiger partial charge in [-0.3, -0.25) is 0 Å². The van der Waals surface area contributed by atoms with Crippen LogP contribution in [-0.4, -0.2) is 31.2 Å². The van der Waals surface area contributed by atoms with Gasteiger partial charge in [-0.05, 0) is 18.8 Å². The third-order valence-electron chi connectivity index (χ3n) is 3.40. The molecule has 0 aliphatic heterocycles. The molecule has 4 heteroatoms. The van der Waals surface area contributed by atoms with E-state index in [9.17, 15) is 8.78 Å². The summed E-state index contributed by atoms with van der Waals surface area (Å²) in [4.78, 5) is 0. The van der Waals surface area contributed by atoms with Crippen molar-refractivity contribution in [3.05, 3.63) is 0 Å². The summed E-state index contributed by atoms with van der Waals surface area (Å²) in [5.41, 5.74) is -0.377. The first-order chi connectivity index (χ1) is 7.93. The van der Waals surface area contributed by atoms with Crippen LogP contribution < -0.4 is 5.32 Å². The highest BCUT2D eigenvalue weighted by molar-refractivity contribution is 4.89. The molecule has 0 aromatic rings. The summed E-state index contributed by atoms with van der Waals surface area (Å²) in [7, 11) is 0. The molecule has 1 N–H and O–H groups in total. The fraction of sp³-hybridized carbons (Fsp3) is 1.00. The fourth-order valence-electron chi connectivity index (χ4n) is 2.58. The molecule has 2 atom stereocenters. The zero-order valence-corrected chi connectivity index (χ0v) is 11.1. The first-order valence-corrected chi connectivity index (χ1v) is 6.59. The highest BCUT2D eigenvalue weighted by Crippen LogP contribution is 2.35. The molecule has 0 bridgehead atoms. The smallest absolute Gasteiger partial charge is 0.261 e. The number of rotatable bonds is 6. The van der Waals surface area contributed by atoms with Crippen molar-refractivity contribution < 1.29 is 13.5 Å². The van der Waals surface area contributed by atoms with Crippen molar-refractivity contribution in [2.24, 2.45) is 5.92 Å². The topological polar surface area (TPSA) is 21.3 Å². The van der Waals surface area contributed by atoms with E-state index in [1.807, 2.05) is 0 Å². The first-order valence-electron chi connectivity index (χ1n) is 6.59. The second-order valence-electron chi connectivity index (χ2n) is 5.62. The highest BCUT2D eigenvalue weighted by Gasteiger charge is 2.36. The lowest BCUT2D eigenvalue weighted by molar-refractivity contribution is -0.113. The highest BCUT2D eigenvalue weighted by atomic mass is 19.3. The van der Waals surface area contributed by atoms with E-state index in [0.717, 1.165) is 19.3 Å². The number of alkyl halides is 2. The van der Waals surface area contributed by atoms with Crippen LogP contribution in [0.4, 0.5) is 8.78 Å². The van der Waals surface area contributed by atoms with Crippen LogP contribution in [0.1, 0.15) is 46.5 Å². The molecular weight excluding hydrogens is 224 g/mol. The quantitative estimate of drug-likeness (QED) is 0.780. The molecule has 102 valence electrons. The van der Waals surface area contributed by atoms with E-state index < -0.39 is 13.0 Å². The predicted molar refractivity (Wildman–Crippen MR) is 65.5 cm³/mol. The van der Waals surface area contributed by atoms with Gasteiger partial charge in [0, 0.05) is 12.6 Å². The Bertz CT molecular complexity index is 209. The van der Waals surface area contributed by atoms with Gasteiger partial charge in [-0.2, -0.15) is 0 Å². The fourth-order valence-corrected chi connectivity index (χ4v) is 2.58. The molecular formula is C13H25F2NO. The summed E-state index contributed by atoms with van der Waals surface area (Å²) in [6.07, 6.45) is 1.66. The van der Waals surface area contributed by atoms with Crippen LogP contribution in [0.3, 0.4) is 0 Å². The zero-order valence-electron chi connectivity index (χ0n) is 11.1. The molecule has 2 nitrogen and oxygen atoms in total. The van der Waals surface area contributed by atoms with E-state index in [4.69, 9.17) is 4.74 Å². The van der Waals surface area contributed by atoms with Crippen molar-refractivity contribution in [3.8, 4) is 0 Å². The van der Waals surface area contributed by atoms with Crippen LogP contribution in [0, 0.1) is 5.92 Å². The van der Waals surface area contributed by atoms with Gasteiger partial charge in [0.1, 0.15) is 6.61 Å². The Labute approximate surface area is 103 Å². The lowest BCUT2D eigenvalue weighted by Gasteiger charge is -2.40. The Kier molecular flexibility index (Phi) is 5.80. The first kappa shape index (κ1) is 14.8. The van der Waals surface area contributed by atoms with Crippen LogP contribution >= 0.6 is 0 Å². The average Bonchev–Trinajstić information content (AvgIpc) is 2.24. The molecule has 1 aliphatic carbocycles. The molecule has 0 heterocycles. The molecule has 0 radical (unpaired) electrons. The maximum Gasteiger partial charge on any atom is 0.261 e. The van der Waals surface area contributed by atoms with Gasteiger partial charge in [0.25, 0.3) is 6.43 Å². The van der Waals surface area contributed by atoms with E-state index in [2.05, 4.69) is 26.1 Å². The van der Waals surface area contributed by atoms with Gasteiger partial charge >= 0.3 is 0 Å². The molecule has 0 amide bonds. The van der Waals surface area contributed by atoms with Crippen LogP contribution in [-0.2, 0) is 4.74 Å². The molecule has 1 fully saturated rings. The Balaban J connectivity index is 2.55. The summed E-state index contributed by atoms with van der Waals surface area (Å²) in [5.74, 6) is 0.565. The number of hydrogen-bond donors (Lipinski definition) is 1. The summed E-state index contributed by atoms with van der Waals surface area (Å²) >= 11 is 0. The number of hydrogen-bond acceptors (Lipinski definition) is 2. The van der Waals surface area contributed by atoms with Crippen molar-refractivity contribution in [2.45, 2.75) is 64.5 Å². The molecule has 17 heavy (non-hydrogen) atoms. The lowest BCUT2D eigenvalue weighted by atomic mass is 9.78. The molecule has 1 aliphatic rings. The molecule has 1 rings (SSSR count). The van der Waals surface area contributed by atoms with E-state index in [1.165, 1.54) is 6.42 Å². The Morgan fingerprint density at radius 1 is 1.41 bits per heavy atom. The van der Waals surface area contributed by atoms with Crippen LogP contribution in [0.5, 0.6) is 0 Å². The van der Waals surface area contributed by atoms with E-state index in [0.29, 0.717) is 18.5 Å². The molecule has 1 saturated carbocycles. The molecule has 0 saturated heterocycles. The molecule has 2 unspecified atom stereocenters. The van der Waals surface area contributed by atoms with E-state index in [1.54, 1.807) is 0 Å². The van der Waals surface area contributed by atoms with Crippen molar-refractivity contribution in [3.63, 3.8) is 0 Å². The van der Waals surface area contributed by atoms with E-state index in [-0.39, 0.29) is 5.60 Å². The minimum absolute atomic E-state index is 0.360. The monoisotopic (exact) mass is 249 g/mol. The summed E-state index contributed by atoms with van der Waals surface area (Å²) in [5, 5.41) is 3.33. The zero-order chi connectivity index (χ0) is 12.9. The normalized spacial score (nSPS) is 30.2. The van der Waals surface area contributed by atoms with Gasteiger partial charge in [-0.1, -0.05) is 33.6 Å². The SMILES string of the molecule is CC1CCCC(CNC(C)C)(OCC(F)F)C1. The predicted octanol–water partition coefficient (Wildman–Crippen LogP) is 3.22. The van der Waals surface area contributed by atoms with Gasteiger partial charge < -0.3 is 10.1 Å². The largest absolute Gasteiger partial charge is 0.368 e. The van der Waals surface area contributed by atoms with Crippen molar-refractivity contribution in [1.82, 2.24) is 5.32 Å². The van der Waals surface area contributed by atoms with Gasteiger partial charge in [-0.15, -0.1) is 0 Å². The van der Waals surface area contributed by atoms with Crippen LogP contribution in [0.15, 0.2) is 0 Å². The maximum absolute atomic E-state index is 12.3. The third-order valence-corrected chi connectivity index (χ3v) is 3.40. The van der Waals surface area contributed by atoms with Gasteiger partial charge in [0.15, 0.2) is 0 Å². The number of ether oxygens (including phenoxy) is 1. The van der Waals surface area contributed by atoms with Gasteiger partial charge in [0.2, 0.25) is 0 Å². The second kappa shape index (κ2) is 6.64. The van der Waals surface area contributed by atoms with E-state index >= 15 is 0 Å². The summed E-state index contributed by atoms with van der Waals surface area (Å²) < 4.78 is 30.2.